The Morgan fingerprint density at radius 2 is 2.00 bits per heavy atom. The highest BCUT2D eigenvalue weighted by atomic mass is 32.2. The number of benzene rings is 1. The lowest BCUT2D eigenvalue weighted by atomic mass is 10.2. The van der Waals surface area contributed by atoms with E-state index in [9.17, 15) is 13.2 Å². The Hall–Kier alpha value is -2.49. The summed E-state index contributed by atoms with van der Waals surface area (Å²) in [6, 6.07) is 9.99. The molecular weight excluding hydrogens is 398 g/mol. The summed E-state index contributed by atoms with van der Waals surface area (Å²) in [5, 5.41) is 4.70. The number of aryl methyl sites for hydroxylation is 1. The van der Waals surface area contributed by atoms with Crippen molar-refractivity contribution in [2.75, 3.05) is 5.32 Å². The molecule has 0 aliphatic heterocycles. The van der Waals surface area contributed by atoms with Crippen LogP contribution in [-0.4, -0.2) is 25.4 Å². The van der Waals surface area contributed by atoms with Gasteiger partial charge in [0.2, 0.25) is 21.8 Å². The van der Waals surface area contributed by atoms with Crippen molar-refractivity contribution in [3.8, 4) is 10.8 Å². The van der Waals surface area contributed by atoms with Gasteiger partial charge in [-0.25, -0.2) is 18.1 Å². The number of aromatic nitrogens is 1. The zero-order chi connectivity index (χ0) is 19.7. The number of amides is 1. The largest absolute Gasteiger partial charge is 0.440 e. The van der Waals surface area contributed by atoms with E-state index in [4.69, 9.17) is 4.42 Å². The molecule has 9 heteroatoms. The van der Waals surface area contributed by atoms with E-state index in [-0.39, 0.29) is 23.3 Å². The maximum atomic E-state index is 12.3. The van der Waals surface area contributed by atoms with Crippen molar-refractivity contribution in [3.63, 3.8) is 0 Å². The van der Waals surface area contributed by atoms with Crippen molar-refractivity contribution < 1.29 is 17.6 Å². The molecule has 2 aromatic heterocycles. The lowest BCUT2D eigenvalue weighted by Gasteiger charge is -2.08. The number of hydrogen-bond acceptors (Lipinski definition) is 6. The van der Waals surface area contributed by atoms with Gasteiger partial charge in [0.1, 0.15) is 5.76 Å². The summed E-state index contributed by atoms with van der Waals surface area (Å²) in [4.78, 5) is 17.8. The van der Waals surface area contributed by atoms with Crippen LogP contribution in [0.25, 0.3) is 10.8 Å². The fourth-order valence-corrected chi connectivity index (χ4v) is 4.62. The average molecular weight is 418 g/mol. The van der Waals surface area contributed by atoms with Crippen molar-refractivity contribution in [2.45, 2.75) is 37.1 Å². The van der Waals surface area contributed by atoms with Gasteiger partial charge in [0.05, 0.1) is 21.9 Å². The summed E-state index contributed by atoms with van der Waals surface area (Å²) in [6.45, 7) is 1.78. The predicted octanol–water partition coefficient (Wildman–Crippen LogP) is 3.33. The number of nitrogens with zero attached hydrogens (tertiary/aromatic N) is 1. The second kappa shape index (κ2) is 7.50. The van der Waals surface area contributed by atoms with Crippen LogP contribution in [0.5, 0.6) is 0 Å². The van der Waals surface area contributed by atoms with Crippen LogP contribution in [0.4, 0.5) is 5.69 Å². The molecule has 1 aromatic carbocycles. The van der Waals surface area contributed by atoms with E-state index < -0.39 is 10.0 Å². The molecule has 1 amide bonds. The highest BCUT2D eigenvalue weighted by molar-refractivity contribution is 7.89. The second-order valence-corrected chi connectivity index (χ2v) is 9.31. The highest BCUT2D eigenvalue weighted by Crippen LogP contribution is 2.26. The van der Waals surface area contributed by atoms with Gasteiger partial charge in [-0.2, -0.15) is 0 Å². The number of hydrogen-bond donors (Lipinski definition) is 2. The van der Waals surface area contributed by atoms with E-state index in [0.29, 0.717) is 23.0 Å². The summed E-state index contributed by atoms with van der Waals surface area (Å²) in [5.74, 6) is 0.861. The van der Waals surface area contributed by atoms with Crippen LogP contribution in [0, 0.1) is 6.92 Å². The molecular formula is C19H19N3O4S2. The molecule has 1 saturated carbocycles. The first-order valence-electron chi connectivity index (χ1n) is 8.83. The van der Waals surface area contributed by atoms with Crippen LogP contribution >= 0.6 is 11.3 Å². The lowest BCUT2D eigenvalue weighted by molar-refractivity contribution is -0.115. The van der Waals surface area contributed by atoms with Gasteiger partial charge < -0.3 is 9.73 Å². The lowest BCUT2D eigenvalue weighted by Crippen LogP contribution is -2.25. The molecule has 0 atom stereocenters. The van der Waals surface area contributed by atoms with Crippen LogP contribution < -0.4 is 10.0 Å². The van der Waals surface area contributed by atoms with Gasteiger partial charge in [0.15, 0.2) is 0 Å². The average Bonchev–Trinajstić information content (AvgIpc) is 3.15. The third-order valence-electron chi connectivity index (χ3n) is 4.30. The molecule has 1 aliphatic rings. The predicted molar refractivity (Wildman–Crippen MR) is 107 cm³/mol. The zero-order valence-electron chi connectivity index (χ0n) is 15.1. The van der Waals surface area contributed by atoms with E-state index in [1.165, 1.54) is 23.5 Å². The summed E-state index contributed by atoms with van der Waals surface area (Å²) in [6.07, 6.45) is 1.83. The molecule has 0 bridgehead atoms. The third-order valence-corrected chi connectivity index (χ3v) is 6.69. The van der Waals surface area contributed by atoms with Crippen molar-refractivity contribution >= 4 is 33.0 Å². The molecule has 1 aliphatic carbocycles. The Labute approximate surface area is 166 Å². The molecule has 7 nitrogen and oxygen atoms in total. The Balaban J connectivity index is 1.40. The number of oxazole rings is 1. The standard InChI is InChI=1S/C19H19N3O4S2/c1-12-16(21-19(26-12)17-3-2-10-27-17)11-18(23)20-13-6-8-15(9-7-13)28(24,25)22-14-4-5-14/h2-3,6-10,14,22H,4-5,11H2,1H3,(H,20,23). The maximum Gasteiger partial charge on any atom is 0.240 e. The van der Waals surface area contributed by atoms with Gasteiger partial charge in [-0.1, -0.05) is 6.07 Å². The van der Waals surface area contributed by atoms with Crippen LogP contribution in [0.3, 0.4) is 0 Å². The molecule has 146 valence electrons. The topological polar surface area (TPSA) is 101 Å². The number of carbonyl (C=O) groups excluding carboxylic acids is 1. The first-order chi connectivity index (χ1) is 13.4. The maximum absolute atomic E-state index is 12.3. The number of thiophene rings is 1. The molecule has 0 spiro atoms. The Bertz CT molecular complexity index is 1080. The molecule has 0 saturated heterocycles. The van der Waals surface area contributed by atoms with E-state index in [1.807, 2.05) is 17.5 Å². The summed E-state index contributed by atoms with van der Waals surface area (Å²) < 4.78 is 32.6. The minimum Gasteiger partial charge on any atom is -0.440 e. The summed E-state index contributed by atoms with van der Waals surface area (Å²) in [5.41, 5.74) is 1.10. The quantitative estimate of drug-likeness (QED) is 0.614. The number of anilines is 1. The Kier molecular flexibility index (Phi) is 5.05. The zero-order valence-corrected chi connectivity index (χ0v) is 16.8. The van der Waals surface area contributed by atoms with Crippen molar-refractivity contribution in [3.05, 3.63) is 53.2 Å². The van der Waals surface area contributed by atoms with Crippen molar-refractivity contribution in [1.29, 1.82) is 0 Å². The molecule has 3 aromatic rings. The van der Waals surface area contributed by atoms with Gasteiger partial charge >= 0.3 is 0 Å². The first kappa shape index (κ1) is 18.9. The van der Waals surface area contributed by atoms with E-state index in [2.05, 4.69) is 15.0 Å². The highest BCUT2D eigenvalue weighted by Gasteiger charge is 2.27. The van der Waals surface area contributed by atoms with Gasteiger partial charge in [0.25, 0.3) is 0 Å². The number of sulfonamides is 1. The molecule has 2 N–H and O–H groups in total. The third kappa shape index (κ3) is 4.32. The molecule has 2 heterocycles. The van der Waals surface area contributed by atoms with Gasteiger partial charge in [0, 0.05) is 11.7 Å². The first-order valence-corrected chi connectivity index (χ1v) is 11.2. The SMILES string of the molecule is Cc1oc(-c2cccs2)nc1CC(=O)Nc1ccc(S(=O)(=O)NC2CC2)cc1. The minimum atomic E-state index is -3.50. The summed E-state index contributed by atoms with van der Waals surface area (Å²) >= 11 is 1.52. The number of rotatable bonds is 7. The summed E-state index contributed by atoms with van der Waals surface area (Å²) in [7, 11) is -3.50. The van der Waals surface area contributed by atoms with Crippen molar-refractivity contribution in [2.24, 2.45) is 0 Å². The van der Waals surface area contributed by atoms with Crippen LogP contribution in [-0.2, 0) is 21.2 Å². The number of nitrogens with one attached hydrogen (secondary N) is 2. The fraction of sp³-hybridized carbons (Fsp3) is 0.263. The molecule has 0 unspecified atom stereocenters. The van der Waals surface area contributed by atoms with Gasteiger partial charge in [-0.15, -0.1) is 11.3 Å². The normalized spacial score (nSPS) is 14.2. The van der Waals surface area contributed by atoms with E-state index >= 15 is 0 Å². The second-order valence-electron chi connectivity index (χ2n) is 6.64. The van der Waals surface area contributed by atoms with Gasteiger partial charge in [-0.05, 0) is 55.5 Å². The smallest absolute Gasteiger partial charge is 0.240 e. The van der Waals surface area contributed by atoms with Crippen LogP contribution in [0.2, 0.25) is 0 Å². The molecule has 1 fully saturated rings. The van der Waals surface area contributed by atoms with E-state index in [1.54, 1.807) is 19.1 Å². The Morgan fingerprint density at radius 3 is 2.64 bits per heavy atom. The van der Waals surface area contributed by atoms with Crippen molar-refractivity contribution in [1.82, 2.24) is 9.71 Å². The van der Waals surface area contributed by atoms with E-state index in [0.717, 1.165) is 17.7 Å². The molecule has 28 heavy (non-hydrogen) atoms. The fourth-order valence-electron chi connectivity index (χ4n) is 2.66. The van der Waals surface area contributed by atoms with Crippen LogP contribution in [0.1, 0.15) is 24.3 Å². The van der Waals surface area contributed by atoms with Gasteiger partial charge in [-0.3, -0.25) is 4.79 Å². The monoisotopic (exact) mass is 417 g/mol. The minimum absolute atomic E-state index is 0.0501. The molecule has 0 radical (unpaired) electrons. The number of carbonyl (C=O) groups is 1. The Morgan fingerprint density at radius 1 is 1.25 bits per heavy atom. The molecule has 4 rings (SSSR count). The van der Waals surface area contributed by atoms with Crippen LogP contribution in [0.15, 0.2) is 51.1 Å².